The molecular formula is C11H11ClO. The number of rotatable bonds is 3. The third-order valence-electron chi connectivity index (χ3n) is 1.76. The van der Waals surface area contributed by atoms with E-state index in [9.17, 15) is 4.79 Å². The summed E-state index contributed by atoms with van der Waals surface area (Å²) in [7, 11) is 0. The van der Waals surface area contributed by atoms with E-state index in [1.54, 1.807) is 0 Å². The topological polar surface area (TPSA) is 17.1 Å². The van der Waals surface area contributed by atoms with E-state index in [4.69, 9.17) is 11.6 Å². The van der Waals surface area contributed by atoms with E-state index >= 15 is 0 Å². The molecule has 0 saturated heterocycles. The SMILES string of the molecule is CCC(C=O)=Cc1cccc(Cl)c1. The van der Waals surface area contributed by atoms with Crippen molar-refractivity contribution in [2.24, 2.45) is 0 Å². The van der Waals surface area contributed by atoms with E-state index in [1.807, 2.05) is 37.3 Å². The maximum atomic E-state index is 10.5. The highest BCUT2D eigenvalue weighted by Crippen LogP contribution is 2.13. The number of benzene rings is 1. The first-order valence-electron chi connectivity index (χ1n) is 4.17. The van der Waals surface area contributed by atoms with Gasteiger partial charge in [0.25, 0.3) is 0 Å². The van der Waals surface area contributed by atoms with Crippen LogP contribution in [0.5, 0.6) is 0 Å². The first-order chi connectivity index (χ1) is 6.26. The van der Waals surface area contributed by atoms with Gasteiger partial charge in [0, 0.05) is 5.02 Å². The van der Waals surface area contributed by atoms with E-state index in [0.29, 0.717) is 5.02 Å². The van der Waals surface area contributed by atoms with Gasteiger partial charge in [-0.05, 0) is 35.8 Å². The van der Waals surface area contributed by atoms with Gasteiger partial charge < -0.3 is 0 Å². The van der Waals surface area contributed by atoms with Crippen molar-refractivity contribution in [3.63, 3.8) is 0 Å². The lowest BCUT2D eigenvalue weighted by Gasteiger charge is -1.96. The Kier molecular flexibility index (Phi) is 3.71. The quantitative estimate of drug-likeness (QED) is 0.533. The molecule has 0 radical (unpaired) electrons. The highest BCUT2D eigenvalue weighted by Gasteiger charge is 1.93. The number of halogens is 1. The minimum absolute atomic E-state index is 0.690. The van der Waals surface area contributed by atoms with E-state index in [2.05, 4.69) is 0 Å². The monoisotopic (exact) mass is 194 g/mol. The van der Waals surface area contributed by atoms with Crippen LogP contribution in [0, 0.1) is 0 Å². The second kappa shape index (κ2) is 4.83. The summed E-state index contributed by atoms with van der Waals surface area (Å²) in [6.45, 7) is 1.95. The maximum Gasteiger partial charge on any atom is 0.146 e. The average molecular weight is 195 g/mol. The summed E-state index contributed by atoms with van der Waals surface area (Å²) in [5, 5.41) is 0.690. The van der Waals surface area contributed by atoms with Crippen LogP contribution in [0.15, 0.2) is 29.8 Å². The van der Waals surface area contributed by atoms with Crippen molar-refractivity contribution >= 4 is 24.0 Å². The lowest BCUT2D eigenvalue weighted by atomic mass is 10.1. The number of carbonyl (C=O) groups excluding carboxylic acids is 1. The van der Waals surface area contributed by atoms with Crippen LogP contribution in [0.25, 0.3) is 6.08 Å². The number of hydrogen-bond acceptors (Lipinski definition) is 1. The molecule has 0 bridgehead atoms. The summed E-state index contributed by atoms with van der Waals surface area (Å²) in [5.74, 6) is 0. The van der Waals surface area contributed by atoms with E-state index in [0.717, 1.165) is 23.8 Å². The number of aldehydes is 1. The molecule has 1 aromatic carbocycles. The van der Waals surface area contributed by atoms with Crippen molar-refractivity contribution in [1.82, 2.24) is 0 Å². The van der Waals surface area contributed by atoms with Gasteiger partial charge in [-0.15, -0.1) is 0 Å². The molecule has 1 nitrogen and oxygen atoms in total. The molecule has 0 aliphatic carbocycles. The summed E-state index contributed by atoms with van der Waals surface area (Å²) in [6.07, 6.45) is 3.47. The molecule has 2 heteroatoms. The Labute approximate surface area is 83.0 Å². The molecule has 1 rings (SSSR count). The highest BCUT2D eigenvalue weighted by molar-refractivity contribution is 6.30. The third-order valence-corrected chi connectivity index (χ3v) is 2.00. The Morgan fingerprint density at radius 2 is 2.31 bits per heavy atom. The second-order valence-electron chi connectivity index (χ2n) is 2.75. The van der Waals surface area contributed by atoms with Gasteiger partial charge in [0.2, 0.25) is 0 Å². The van der Waals surface area contributed by atoms with Crippen LogP contribution in [0.4, 0.5) is 0 Å². The fourth-order valence-corrected chi connectivity index (χ4v) is 1.23. The van der Waals surface area contributed by atoms with E-state index in [-0.39, 0.29) is 0 Å². The van der Waals surface area contributed by atoms with Gasteiger partial charge in [0.1, 0.15) is 6.29 Å². The summed E-state index contributed by atoms with van der Waals surface area (Å²) >= 11 is 5.80. The summed E-state index contributed by atoms with van der Waals surface area (Å²) in [4.78, 5) is 10.5. The van der Waals surface area contributed by atoms with Crippen LogP contribution >= 0.6 is 11.6 Å². The Balaban J connectivity index is 2.95. The molecule has 13 heavy (non-hydrogen) atoms. The lowest BCUT2D eigenvalue weighted by Crippen LogP contribution is -1.81. The fourth-order valence-electron chi connectivity index (χ4n) is 1.03. The molecule has 0 saturated carbocycles. The summed E-state index contributed by atoms with van der Waals surface area (Å²) in [6, 6.07) is 7.43. The van der Waals surface area contributed by atoms with Gasteiger partial charge in [-0.1, -0.05) is 30.7 Å². The molecule has 0 unspecified atom stereocenters. The largest absolute Gasteiger partial charge is 0.298 e. The predicted octanol–water partition coefficient (Wildman–Crippen LogP) is 3.33. The van der Waals surface area contributed by atoms with Crippen molar-refractivity contribution < 1.29 is 4.79 Å². The summed E-state index contributed by atoms with van der Waals surface area (Å²) < 4.78 is 0. The van der Waals surface area contributed by atoms with Crippen LogP contribution in [0.3, 0.4) is 0 Å². The zero-order valence-electron chi connectivity index (χ0n) is 7.46. The molecule has 1 aromatic rings. The van der Waals surface area contributed by atoms with Gasteiger partial charge in [0.05, 0.1) is 0 Å². The van der Waals surface area contributed by atoms with Crippen LogP contribution in [-0.2, 0) is 4.79 Å². The smallest absolute Gasteiger partial charge is 0.146 e. The Hall–Kier alpha value is -1.08. The molecule has 0 fully saturated rings. The first kappa shape index (κ1) is 10.0. The van der Waals surface area contributed by atoms with Crippen LogP contribution in [0.1, 0.15) is 18.9 Å². The molecule has 0 atom stereocenters. The van der Waals surface area contributed by atoms with Gasteiger partial charge in [-0.2, -0.15) is 0 Å². The van der Waals surface area contributed by atoms with Gasteiger partial charge >= 0.3 is 0 Å². The molecule has 0 spiro atoms. The van der Waals surface area contributed by atoms with Crippen molar-refractivity contribution in [2.45, 2.75) is 13.3 Å². The van der Waals surface area contributed by atoms with E-state index < -0.39 is 0 Å². The summed E-state index contributed by atoms with van der Waals surface area (Å²) in [5.41, 5.74) is 1.75. The maximum absolute atomic E-state index is 10.5. The molecule has 0 heterocycles. The predicted molar refractivity (Wildman–Crippen MR) is 55.8 cm³/mol. The highest BCUT2D eigenvalue weighted by atomic mass is 35.5. The van der Waals surface area contributed by atoms with Crippen molar-refractivity contribution in [2.75, 3.05) is 0 Å². The van der Waals surface area contributed by atoms with Crippen LogP contribution in [-0.4, -0.2) is 6.29 Å². The third kappa shape index (κ3) is 3.03. The average Bonchev–Trinajstić information content (AvgIpc) is 2.14. The second-order valence-corrected chi connectivity index (χ2v) is 3.18. The fraction of sp³-hybridized carbons (Fsp3) is 0.182. The Morgan fingerprint density at radius 3 is 2.85 bits per heavy atom. The standard InChI is InChI=1S/C11H11ClO/c1-2-9(8-13)6-10-4-3-5-11(12)7-10/h3-8H,2H2,1H3. The van der Waals surface area contributed by atoms with Crippen molar-refractivity contribution in [3.8, 4) is 0 Å². The minimum atomic E-state index is 0.690. The van der Waals surface area contributed by atoms with Crippen molar-refractivity contribution in [3.05, 3.63) is 40.4 Å². The zero-order chi connectivity index (χ0) is 9.68. The number of hydrogen-bond donors (Lipinski definition) is 0. The molecule has 0 amide bonds. The van der Waals surface area contributed by atoms with Gasteiger partial charge in [-0.3, -0.25) is 4.79 Å². The van der Waals surface area contributed by atoms with Crippen LogP contribution in [0.2, 0.25) is 5.02 Å². The Morgan fingerprint density at radius 1 is 1.54 bits per heavy atom. The van der Waals surface area contributed by atoms with Gasteiger partial charge in [0.15, 0.2) is 0 Å². The molecule has 0 aromatic heterocycles. The zero-order valence-corrected chi connectivity index (χ0v) is 8.21. The van der Waals surface area contributed by atoms with Gasteiger partial charge in [-0.25, -0.2) is 0 Å². The molecular weight excluding hydrogens is 184 g/mol. The number of carbonyl (C=O) groups is 1. The first-order valence-corrected chi connectivity index (χ1v) is 4.55. The molecule has 68 valence electrons. The van der Waals surface area contributed by atoms with Crippen LogP contribution < -0.4 is 0 Å². The Bertz CT molecular complexity index is 329. The minimum Gasteiger partial charge on any atom is -0.298 e. The number of allylic oxidation sites excluding steroid dienone is 1. The molecule has 0 aliphatic rings. The molecule has 0 aliphatic heterocycles. The molecule has 0 N–H and O–H groups in total. The lowest BCUT2D eigenvalue weighted by molar-refractivity contribution is -0.104. The van der Waals surface area contributed by atoms with E-state index in [1.165, 1.54) is 0 Å². The van der Waals surface area contributed by atoms with Crippen molar-refractivity contribution in [1.29, 1.82) is 0 Å². The normalized spacial score (nSPS) is 11.4.